The van der Waals surface area contributed by atoms with Gasteiger partial charge in [-0.2, -0.15) is 0 Å². The molecule has 2 rings (SSSR count). The van der Waals surface area contributed by atoms with Crippen LogP contribution in [0.25, 0.3) is 0 Å². The molecule has 0 aromatic heterocycles. The van der Waals surface area contributed by atoms with Crippen molar-refractivity contribution in [2.75, 3.05) is 20.4 Å². The summed E-state index contributed by atoms with van der Waals surface area (Å²) in [6, 6.07) is 2.10. The molecule has 0 atom stereocenters. The fourth-order valence-electron chi connectivity index (χ4n) is 1.89. The molecule has 0 fully saturated rings. The third kappa shape index (κ3) is 1.79. The Hall–Kier alpha value is -1.22. The molecule has 0 aliphatic carbocycles. The van der Waals surface area contributed by atoms with Gasteiger partial charge in [-0.1, -0.05) is 0 Å². The Morgan fingerprint density at radius 1 is 1.27 bits per heavy atom. The first-order valence-electron chi connectivity index (χ1n) is 5.27. The lowest BCUT2D eigenvalue weighted by Gasteiger charge is -2.11. The van der Waals surface area contributed by atoms with Crippen molar-refractivity contribution in [1.29, 1.82) is 0 Å². The van der Waals surface area contributed by atoms with E-state index in [1.807, 2.05) is 7.05 Å². The Bertz CT molecular complexity index is 374. The van der Waals surface area contributed by atoms with Gasteiger partial charge < -0.3 is 14.8 Å². The van der Waals surface area contributed by atoms with E-state index < -0.39 is 0 Å². The number of hydrogen-bond donors (Lipinski definition) is 1. The van der Waals surface area contributed by atoms with Gasteiger partial charge in [0.25, 0.3) is 0 Å². The SMILES string of the molecule is CNCCc1cc2c(c(C)c1C)OCO2. The largest absolute Gasteiger partial charge is 0.454 e. The van der Waals surface area contributed by atoms with E-state index >= 15 is 0 Å². The minimum absolute atomic E-state index is 0.352. The van der Waals surface area contributed by atoms with E-state index in [0.29, 0.717) is 6.79 Å². The van der Waals surface area contributed by atoms with E-state index in [1.54, 1.807) is 0 Å². The number of benzene rings is 1. The van der Waals surface area contributed by atoms with E-state index in [4.69, 9.17) is 9.47 Å². The monoisotopic (exact) mass is 207 g/mol. The van der Waals surface area contributed by atoms with Crippen LogP contribution in [0.5, 0.6) is 11.5 Å². The molecule has 0 spiro atoms. The standard InChI is InChI=1S/C12H17NO2/c1-8-9(2)12-11(14-7-15-12)6-10(8)4-5-13-3/h6,13H,4-5,7H2,1-3H3. The van der Waals surface area contributed by atoms with Crippen LogP contribution in [0.4, 0.5) is 0 Å². The van der Waals surface area contributed by atoms with Crippen molar-refractivity contribution in [3.05, 3.63) is 22.8 Å². The summed E-state index contributed by atoms with van der Waals surface area (Å²) >= 11 is 0. The van der Waals surface area contributed by atoms with Crippen molar-refractivity contribution in [2.24, 2.45) is 0 Å². The lowest BCUT2D eigenvalue weighted by atomic mass is 9.99. The minimum atomic E-state index is 0.352. The van der Waals surface area contributed by atoms with Crippen molar-refractivity contribution in [2.45, 2.75) is 20.3 Å². The van der Waals surface area contributed by atoms with Crippen molar-refractivity contribution in [1.82, 2.24) is 5.32 Å². The smallest absolute Gasteiger partial charge is 0.231 e. The van der Waals surface area contributed by atoms with Crippen molar-refractivity contribution in [3.8, 4) is 11.5 Å². The van der Waals surface area contributed by atoms with Gasteiger partial charge in [0.2, 0.25) is 6.79 Å². The zero-order chi connectivity index (χ0) is 10.8. The summed E-state index contributed by atoms with van der Waals surface area (Å²) in [5, 5.41) is 3.16. The molecule has 3 heteroatoms. The molecule has 1 aromatic carbocycles. The normalized spacial score (nSPS) is 13.3. The maximum atomic E-state index is 5.43. The average Bonchev–Trinajstić information content (AvgIpc) is 2.69. The first-order chi connectivity index (χ1) is 7.24. The molecule has 0 saturated heterocycles. The van der Waals surface area contributed by atoms with Crippen LogP contribution in [0.3, 0.4) is 0 Å². The summed E-state index contributed by atoms with van der Waals surface area (Å²) in [7, 11) is 1.97. The second-order valence-electron chi connectivity index (χ2n) is 3.87. The van der Waals surface area contributed by atoms with Crippen LogP contribution in [-0.2, 0) is 6.42 Å². The predicted molar refractivity (Wildman–Crippen MR) is 59.7 cm³/mol. The Kier molecular flexibility index (Phi) is 2.82. The lowest BCUT2D eigenvalue weighted by molar-refractivity contribution is 0.173. The highest BCUT2D eigenvalue weighted by Gasteiger charge is 2.19. The molecule has 1 aliphatic heterocycles. The number of nitrogens with one attached hydrogen (secondary N) is 1. The van der Waals surface area contributed by atoms with Gasteiger partial charge >= 0.3 is 0 Å². The van der Waals surface area contributed by atoms with Crippen LogP contribution in [0.1, 0.15) is 16.7 Å². The van der Waals surface area contributed by atoms with E-state index in [1.165, 1.54) is 16.7 Å². The molecule has 1 heterocycles. The molecule has 1 aromatic rings. The Labute approximate surface area is 90.4 Å². The molecular weight excluding hydrogens is 190 g/mol. The van der Waals surface area contributed by atoms with Crippen LogP contribution < -0.4 is 14.8 Å². The summed E-state index contributed by atoms with van der Waals surface area (Å²) in [4.78, 5) is 0. The van der Waals surface area contributed by atoms with Gasteiger partial charge in [0, 0.05) is 0 Å². The maximum absolute atomic E-state index is 5.43. The van der Waals surface area contributed by atoms with Gasteiger partial charge in [-0.3, -0.25) is 0 Å². The third-order valence-electron chi connectivity index (χ3n) is 2.98. The Balaban J connectivity index is 2.36. The summed E-state index contributed by atoms with van der Waals surface area (Å²) in [5.74, 6) is 1.81. The molecular formula is C12H17NO2. The van der Waals surface area contributed by atoms with E-state index in [-0.39, 0.29) is 0 Å². The average molecular weight is 207 g/mol. The molecule has 3 nitrogen and oxygen atoms in total. The Morgan fingerprint density at radius 2 is 2.07 bits per heavy atom. The van der Waals surface area contributed by atoms with Crippen LogP contribution in [0.15, 0.2) is 6.07 Å². The summed E-state index contributed by atoms with van der Waals surface area (Å²) in [5.41, 5.74) is 3.86. The molecule has 0 unspecified atom stereocenters. The van der Waals surface area contributed by atoms with Gasteiger partial charge in [-0.25, -0.2) is 0 Å². The van der Waals surface area contributed by atoms with Crippen LogP contribution in [0.2, 0.25) is 0 Å². The molecule has 82 valence electrons. The Morgan fingerprint density at radius 3 is 2.80 bits per heavy atom. The number of hydrogen-bond acceptors (Lipinski definition) is 3. The van der Waals surface area contributed by atoms with E-state index in [9.17, 15) is 0 Å². The van der Waals surface area contributed by atoms with Gasteiger partial charge in [-0.05, 0) is 56.6 Å². The van der Waals surface area contributed by atoms with E-state index in [2.05, 4.69) is 25.2 Å². The number of ether oxygens (including phenoxy) is 2. The molecule has 0 radical (unpaired) electrons. The molecule has 0 saturated carbocycles. The second kappa shape index (κ2) is 4.11. The van der Waals surface area contributed by atoms with Crippen LogP contribution >= 0.6 is 0 Å². The minimum Gasteiger partial charge on any atom is -0.454 e. The highest BCUT2D eigenvalue weighted by Crippen LogP contribution is 2.38. The van der Waals surface area contributed by atoms with E-state index in [0.717, 1.165) is 24.5 Å². The predicted octanol–water partition coefficient (Wildman–Crippen LogP) is 1.79. The summed E-state index contributed by atoms with van der Waals surface area (Å²) < 4.78 is 10.8. The molecule has 0 amide bonds. The van der Waals surface area contributed by atoms with Gasteiger partial charge in [-0.15, -0.1) is 0 Å². The first-order valence-corrected chi connectivity index (χ1v) is 5.27. The first kappa shape index (κ1) is 10.3. The van der Waals surface area contributed by atoms with Crippen molar-refractivity contribution >= 4 is 0 Å². The molecule has 15 heavy (non-hydrogen) atoms. The molecule has 1 N–H and O–H groups in total. The second-order valence-corrected chi connectivity index (χ2v) is 3.87. The summed E-state index contributed by atoms with van der Waals surface area (Å²) in [6.07, 6.45) is 1.03. The number of fused-ring (bicyclic) bond motifs is 1. The number of likely N-dealkylation sites (N-methyl/N-ethyl adjacent to an activating group) is 1. The fourth-order valence-corrected chi connectivity index (χ4v) is 1.89. The van der Waals surface area contributed by atoms with Crippen LogP contribution in [-0.4, -0.2) is 20.4 Å². The third-order valence-corrected chi connectivity index (χ3v) is 2.98. The van der Waals surface area contributed by atoms with Gasteiger partial charge in [0.15, 0.2) is 11.5 Å². The highest BCUT2D eigenvalue weighted by atomic mass is 16.7. The summed E-state index contributed by atoms with van der Waals surface area (Å²) in [6.45, 7) is 5.57. The zero-order valence-corrected chi connectivity index (χ0v) is 9.52. The zero-order valence-electron chi connectivity index (χ0n) is 9.52. The quantitative estimate of drug-likeness (QED) is 0.819. The number of rotatable bonds is 3. The van der Waals surface area contributed by atoms with Gasteiger partial charge in [0.05, 0.1) is 0 Å². The molecule has 0 bridgehead atoms. The van der Waals surface area contributed by atoms with Crippen molar-refractivity contribution < 1.29 is 9.47 Å². The maximum Gasteiger partial charge on any atom is 0.231 e. The van der Waals surface area contributed by atoms with Crippen LogP contribution in [0, 0.1) is 13.8 Å². The van der Waals surface area contributed by atoms with Gasteiger partial charge in [0.1, 0.15) is 0 Å². The fraction of sp³-hybridized carbons (Fsp3) is 0.500. The van der Waals surface area contributed by atoms with Crippen molar-refractivity contribution in [3.63, 3.8) is 0 Å². The molecule has 1 aliphatic rings. The lowest BCUT2D eigenvalue weighted by Crippen LogP contribution is -2.11. The highest BCUT2D eigenvalue weighted by molar-refractivity contribution is 5.54. The topological polar surface area (TPSA) is 30.5 Å².